The molecule has 0 bridgehead atoms. The van der Waals surface area contributed by atoms with Gasteiger partial charge in [0.2, 0.25) is 0 Å². The summed E-state index contributed by atoms with van der Waals surface area (Å²) < 4.78 is 4.70. The molecule has 1 saturated heterocycles. The van der Waals surface area contributed by atoms with Crippen LogP contribution in [0.3, 0.4) is 0 Å². The smallest absolute Gasteiger partial charge is 0.137 e. The van der Waals surface area contributed by atoms with Crippen molar-refractivity contribution < 1.29 is 0 Å². The Bertz CT molecular complexity index is 1310. The van der Waals surface area contributed by atoms with Gasteiger partial charge in [0.1, 0.15) is 11.3 Å². The molecule has 150 valence electrons. The molecular weight excluding hydrogens is 368 g/mol. The SMILES string of the molecule is CC[C@@]12C=C(c3cn4ccccc4n3)n3c4c(c5ccccc53)CCN(CCC1)[C@H]42. The zero-order valence-electron chi connectivity index (χ0n) is 17.4. The topological polar surface area (TPSA) is 25.5 Å². The van der Waals surface area contributed by atoms with Crippen molar-refractivity contribution in [3.05, 3.63) is 77.9 Å². The second-order valence-corrected chi connectivity index (χ2v) is 9.22. The molecule has 7 rings (SSSR count). The molecule has 0 saturated carbocycles. The van der Waals surface area contributed by atoms with Crippen molar-refractivity contribution in [2.24, 2.45) is 5.41 Å². The molecule has 1 fully saturated rings. The summed E-state index contributed by atoms with van der Waals surface area (Å²) in [5, 5.41) is 1.43. The molecular formula is C26H26N4. The molecule has 0 spiro atoms. The first-order valence-corrected chi connectivity index (χ1v) is 11.3. The van der Waals surface area contributed by atoms with E-state index in [9.17, 15) is 0 Å². The quantitative estimate of drug-likeness (QED) is 0.462. The van der Waals surface area contributed by atoms with Crippen LogP contribution in [0.2, 0.25) is 0 Å². The summed E-state index contributed by atoms with van der Waals surface area (Å²) >= 11 is 0. The van der Waals surface area contributed by atoms with Crippen molar-refractivity contribution in [3.63, 3.8) is 0 Å². The predicted molar refractivity (Wildman–Crippen MR) is 120 cm³/mol. The summed E-state index contributed by atoms with van der Waals surface area (Å²) in [5.74, 6) is 0. The van der Waals surface area contributed by atoms with Crippen molar-refractivity contribution in [2.75, 3.05) is 13.1 Å². The van der Waals surface area contributed by atoms with Gasteiger partial charge in [0.15, 0.2) is 0 Å². The van der Waals surface area contributed by atoms with E-state index in [4.69, 9.17) is 4.98 Å². The average molecular weight is 395 g/mol. The second kappa shape index (κ2) is 5.86. The van der Waals surface area contributed by atoms with Crippen LogP contribution in [0, 0.1) is 5.41 Å². The highest BCUT2D eigenvalue weighted by molar-refractivity contribution is 5.92. The van der Waals surface area contributed by atoms with Gasteiger partial charge < -0.3 is 8.97 Å². The van der Waals surface area contributed by atoms with Crippen molar-refractivity contribution in [3.8, 4) is 0 Å². The number of fused-ring (bicyclic) bond motifs is 4. The van der Waals surface area contributed by atoms with E-state index in [0.29, 0.717) is 6.04 Å². The number of para-hydroxylation sites is 1. The van der Waals surface area contributed by atoms with Crippen LogP contribution in [0.1, 0.15) is 49.2 Å². The molecule has 6 heterocycles. The van der Waals surface area contributed by atoms with Crippen LogP contribution in [0.5, 0.6) is 0 Å². The molecule has 0 unspecified atom stereocenters. The van der Waals surface area contributed by atoms with Gasteiger partial charge in [-0.3, -0.25) is 4.90 Å². The van der Waals surface area contributed by atoms with Gasteiger partial charge in [-0.05, 0) is 62.1 Å². The predicted octanol–water partition coefficient (Wildman–Crippen LogP) is 5.28. The maximum atomic E-state index is 5.05. The average Bonchev–Trinajstić information content (AvgIpc) is 3.38. The van der Waals surface area contributed by atoms with Gasteiger partial charge in [-0.1, -0.05) is 31.2 Å². The molecule has 3 aromatic heterocycles. The van der Waals surface area contributed by atoms with Gasteiger partial charge in [-0.2, -0.15) is 0 Å². The third-order valence-electron chi connectivity index (χ3n) is 7.88. The first-order chi connectivity index (χ1) is 14.8. The molecule has 4 aromatic rings. The molecule has 1 aromatic carbocycles. The van der Waals surface area contributed by atoms with Crippen molar-refractivity contribution in [2.45, 2.75) is 38.6 Å². The highest BCUT2D eigenvalue weighted by Crippen LogP contribution is 2.57. The Hall–Kier alpha value is -2.85. The molecule has 2 atom stereocenters. The van der Waals surface area contributed by atoms with E-state index < -0.39 is 0 Å². The summed E-state index contributed by atoms with van der Waals surface area (Å²) in [5.41, 5.74) is 8.01. The summed E-state index contributed by atoms with van der Waals surface area (Å²) in [7, 11) is 0. The lowest BCUT2D eigenvalue weighted by atomic mass is 9.66. The Balaban J connectivity index is 1.59. The third-order valence-corrected chi connectivity index (χ3v) is 7.88. The van der Waals surface area contributed by atoms with Crippen molar-refractivity contribution in [1.82, 2.24) is 18.9 Å². The van der Waals surface area contributed by atoms with Gasteiger partial charge in [0.05, 0.1) is 17.3 Å². The number of imidazole rings is 1. The summed E-state index contributed by atoms with van der Waals surface area (Å²) in [6, 6.07) is 15.7. The van der Waals surface area contributed by atoms with Crippen molar-refractivity contribution in [1.29, 1.82) is 0 Å². The Morgan fingerprint density at radius 1 is 1.10 bits per heavy atom. The lowest BCUT2D eigenvalue weighted by molar-refractivity contribution is 0.0271. The zero-order chi connectivity index (χ0) is 19.9. The Labute approximate surface area is 176 Å². The van der Waals surface area contributed by atoms with Gasteiger partial charge in [-0.15, -0.1) is 0 Å². The minimum absolute atomic E-state index is 0.197. The van der Waals surface area contributed by atoms with Gasteiger partial charge in [0, 0.05) is 35.4 Å². The van der Waals surface area contributed by atoms with Crippen LogP contribution in [-0.4, -0.2) is 31.9 Å². The van der Waals surface area contributed by atoms with E-state index in [1.54, 1.807) is 11.3 Å². The summed E-state index contributed by atoms with van der Waals surface area (Å²) in [4.78, 5) is 7.82. The molecule has 3 aliphatic heterocycles. The van der Waals surface area contributed by atoms with Crippen LogP contribution >= 0.6 is 0 Å². The van der Waals surface area contributed by atoms with E-state index in [0.717, 1.165) is 17.8 Å². The summed E-state index contributed by atoms with van der Waals surface area (Å²) in [6.07, 6.45) is 11.8. The Morgan fingerprint density at radius 2 is 2.00 bits per heavy atom. The Morgan fingerprint density at radius 3 is 2.90 bits per heavy atom. The maximum Gasteiger partial charge on any atom is 0.137 e. The second-order valence-electron chi connectivity index (χ2n) is 9.22. The molecule has 4 heteroatoms. The zero-order valence-corrected chi connectivity index (χ0v) is 17.4. The normalized spacial score (nSPS) is 25.5. The molecule has 0 N–H and O–H groups in total. The number of aromatic nitrogens is 3. The lowest BCUT2D eigenvalue weighted by Gasteiger charge is -2.53. The number of piperidine rings is 1. The van der Waals surface area contributed by atoms with Gasteiger partial charge in [-0.25, -0.2) is 4.98 Å². The van der Waals surface area contributed by atoms with E-state index in [1.165, 1.54) is 49.0 Å². The number of benzene rings is 1. The highest BCUT2D eigenvalue weighted by Gasteiger charge is 2.50. The van der Waals surface area contributed by atoms with Gasteiger partial charge in [0.25, 0.3) is 0 Å². The van der Waals surface area contributed by atoms with E-state index in [-0.39, 0.29) is 5.41 Å². The molecule has 4 nitrogen and oxygen atoms in total. The first-order valence-electron chi connectivity index (χ1n) is 11.3. The largest absolute Gasteiger partial charge is 0.310 e. The molecule has 0 aliphatic carbocycles. The van der Waals surface area contributed by atoms with E-state index >= 15 is 0 Å². The lowest BCUT2D eigenvalue weighted by Crippen LogP contribution is -2.50. The minimum atomic E-state index is 0.197. The standard InChI is InChI=1S/C26H26N4/c1-2-26-12-7-14-28-15-11-19-18-8-3-4-9-21(18)30(24(19)25(26)28)22(16-26)20-17-29-13-6-5-10-23(29)27-20/h3-6,8-10,13,16-17,25H,2,7,11-12,14-15H2,1H3/t25-,26+/m1/s1. The van der Waals surface area contributed by atoms with Gasteiger partial charge >= 0.3 is 0 Å². The molecule has 30 heavy (non-hydrogen) atoms. The minimum Gasteiger partial charge on any atom is -0.310 e. The number of rotatable bonds is 2. The summed E-state index contributed by atoms with van der Waals surface area (Å²) in [6.45, 7) is 4.80. The van der Waals surface area contributed by atoms with Crippen LogP contribution < -0.4 is 0 Å². The fourth-order valence-electron chi connectivity index (χ4n) is 6.53. The van der Waals surface area contributed by atoms with E-state index in [2.05, 4.69) is 81.7 Å². The van der Waals surface area contributed by atoms with Crippen LogP contribution in [0.15, 0.2) is 60.9 Å². The van der Waals surface area contributed by atoms with Crippen LogP contribution in [0.4, 0.5) is 0 Å². The fourth-order valence-corrected chi connectivity index (χ4v) is 6.53. The molecule has 0 amide bonds. The fraction of sp³-hybridized carbons (Fsp3) is 0.346. The van der Waals surface area contributed by atoms with Crippen LogP contribution in [0.25, 0.3) is 22.2 Å². The van der Waals surface area contributed by atoms with Crippen LogP contribution in [-0.2, 0) is 6.42 Å². The highest BCUT2D eigenvalue weighted by atomic mass is 15.2. The number of hydrogen-bond donors (Lipinski definition) is 0. The first kappa shape index (κ1) is 16.9. The monoisotopic (exact) mass is 394 g/mol. The number of pyridine rings is 1. The third kappa shape index (κ3) is 2.02. The van der Waals surface area contributed by atoms with Crippen molar-refractivity contribution >= 4 is 22.2 Å². The molecule has 3 aliphatic rings. The Kier molecular flexibility index (Phi) is 3.30. The number of hydrogen-bond acceptors (Lipinski definition) is 2. The maximum absolute atomic E-state index is 5.05. The van der Waals surface area contributed by atoms with E-state index in [1.807, 2.05) is 0 Å². The number of nitrogens with zero attached hydrogens (tertiary/aromatic N) is 4. The molecule has 0 radical (unpaired) electrons.